The summed E-state index contributed by atoms with van der Waals surface area (Å²) in [6.07, 6.45) is 9.85. The van der Waals surface area contributed by atoms with E-state index in [1.54, 1.807) is 44.3 Å². The average Bonchev–Trinajstić information content (AvgIpc) is 3.87. The van der Waals surface area contributed by atoms with Gasteiger partial charge in [0.25, 0.3) is 5.91 Å². The molecule has 3 aliphatic heterocycles. The first-order valence-corrected chi connectivity index (χ1v) is 21.3. The van der Waals surface area contributed by atoms with Crippen LogP contribution in [0, 0.1) is 22.7 Å². The van der Waals surface area contributed by atoms with Gasteiger partial charge in [0.15, 0.2) is 5.90 Å². The predicted octanol–water partition coefficient (Wildman–Crippen LogP) is 5.40. The molecular weight excluding hydrogens is 817 g/mol. The normalized spacial score (nSPS) is 22.1. The number of nitrogens with one attached hydrogen (secondary N) is 3. The molecule has 1 unspecified atom stereocenters. The number of aryl methyl sites for hydroxylation is 1. The number of fused-ring (bicyclic) bond motifs is 3. The lowest BCUT2D eigenvalue weighted by atomic mass is 9.84. The molecule has 0 spiro atoms. The summed E-state index contributed by atoms with van der Waals surface area (Å²) >= 11 is 0. The number of amides is 4. The van der Waals surface area contributed by atoms with Gasteiger partial charge < -0.3 is 34.9 Å². The number of rotatable bonds is 9. The molecule has 2 fully saturated rings. The van der Waals surface area contributed by atoms with E-state index < -0.39 is 53.3 Å². The quantitative estimate of drug-likeness (QED) is 0.157. The van der Waals surface area contributed by atoms with Gasteiger partial charge in [-0.3, -0.25) is 34.4 Å². The number of hydrogen-bond donors (Lipinski definition) is 4. The predicted molar refractivity (Wildman–Crippen MR) is 250 cm³/mol. The molecule has 17 heteroatoms. The lowest BCUT2D eigenvalue weighted by molar-refractivity contribution is -0.155. The molecule has 2 aromatic heterocycles. The molecule has 4 bridgehead atoms. The van der Waals surface area contributed by atoms with Crippen LogP contribution < -0.4 is 16.5 Å². The highest BCUT2D eigenvalue weighted by Crippen LogP contribution is 2.39. The summed E-state index contributed by atoms with van der Waals surface area (Å²) in [6.45, 7) is 14.8. The molecule has 3 aromatic rings. The molecule has 0 aliphatic carbocycles. The van der Waals surface area contributed by atoms with E-state index in [9.17, 15) is 24.0 Å². The number of esters is 1. The van der Waals surface area contributed by atoms with Gasteiger partial charge in [0.05, 0.1) is 24.6 Å². The maximum Gasteiger partial charge on any atom is 0.324 e. The third-order valence-electron chi connectivity index (χ3n) is 11.9. The summed E-state index contributed by atoms with van der Waals surface area (Å²) in [6, 6.07) is 2.73. The van der Waals surface area contributed by atoms with Crippen LogP contribution in [0.2, 0.25) is 0 Å². The lowest BCUT2D eigenvalue weighted by Gasteiger charge is -2.37. The second-order valence-corrected chi connectivity index (χ2v) is 17.5. The Morgan fingerprint density at radius 1 is 1.16 bits per heavy atom. The Morgan fingerprint density at radius 2 is 1.88 bits per heavy atom. The van der Waals surface area contributed by atoms with E-state index in [1.807, 2.05) is 32.0 Å². The van der Waals surface area contributed by atoms with Crippen molar-refractivity contribution in [2.45, 2.75) is 112 Å². The van der Waals surface area contributed by atoms with Crippen molar-refractivity contribution in [2.75, 3.05) is 33.3 Å². The van der Waals surface area contributed by atoms with Gasteiger partial charge in [-0.15, -0.1) is 0 Å². The number of cyclic esters (lactones) is 1. The fourth-order valence-corrected chi connectivity index (χ4v) is 8.88. The number of hydrazine groups is 1. The molecule has 1 aromatic carbocycles. The lowest BCUT2D eigenvalue weighted by Crippen LogP contribution is -2.62. The third-order valence-corrected chi connectivity index (χ3v) is 11.9. The van der Waals surface area contributed by atoms with Crippen LogP contribution in [0.1, 0.15) is 95.2 Å². The second kappa shape index (κ2) is 21.5. The summed E-state index contributed by atoms with van der Waals surface area (Å²) in [5.41, 5.74) is 12.9. The molecule has 0 saturated carbocycles. The SMILES string of the molecule is C.C.C=CC(=O)N1CC[C@H](C(=O)N(C)[C@H](C(=O)N[C@H]2CC(=N)OC(C=CN)c3ccc4c(c3)c(c(-c3cncnc3)n4CC)CC(C)(C)COC(=O)[C@@H]3CCCN(N3)C2=O)C(C)C)C1.[HH].[HH]. The standard InChI is InChI=1S/C45H60N10O7.2CH4.2H2/c1-8-38(56)53-18-15-29(24-53)42(58)52(7)39(27(3)4)41(57)50-34-20-37(47)62-36(14-16-46)28-12-13-35-31(19-28)32(40(54(35)9-2)30-22-48-26-49-23-30)21-45(5,6)25-61-44(60)33-11-10-17-55(51-33)43(34)59;;;;/h8,12-14,16,19,22-23,26-27,29,33-34,36,39,47,51H,1,9-11,15,17-18,20-21,24-25,46H2,2-7H3,(H,50,57);2*1H4;2*1H/t29-,33-,34-,36?,39-;;;;/m0..../s1. The molecule has 2 saturated heterocycles. The van der Waals surface area contributed by atoms with Crippen molar-refractivity contribution < 1.29 is 36.3 Å². The van der Waals surface area contributed by atoms with E-state index in [4.69, 9.17) is 20.6 Å². The van der Waals surface area contributed by atoms with Crippen LogP contribution in [0.25, 0.3) is 22.2 Å². The van der Waals surface area contributed by atoms with Crippen molar-refractivity contribution in [3.63, 3.8) is 0 Å². The fraction of sp³-hybridized carbons (Fsp3) is 0.532. The zero-order valence-corrected chi connectivity index (χ0v) is 36.6. The van der Waals surface area contributed by atoms with Gasteiger partial charge in [0.1, 0.15) is 30.6 Å². The van der Waals surface area contributed by atoms with Gasteiger partial charge >= 0.3 is 5.97 Å². The van der Waals surface area contributed by atoms with E-state index in [0.717, 1.165) is 27.7 Å². The first kappa shape index (κ1) is 50.5. The minimum absolute atomic E-state index is 0. The van der Waals surface area contributed by atoms with Crippen molar-refractivity contribution >= 4 is 46.4 Å². The fourth-order valence-electron chi connectivity index (χ4n) is 8.88. The van der Waals surface area contributed by atoms with Crippen molar-refractivity contribution in [3.05, 3.63) is 73.0 Å². The van der Waals surface area contributed by atoms with Gasteiger partial charge in [-0.2, -0.15) is 0 Å². The van der Waals surface area contributed by atoms with E-state index in [1.165, 1.54) is 28.5 Å². The van der Waals surface area contributed by atoms with E-state index >= 15 is 0 Å². The third kappa shape index (κ3) is 11.0. The highest BCUT2D eigenvalue weighted by atomic mass is 16.5. The minimum atomic E-state index is -1.34. The number of benzene rings is 1. The summed E-state index contributed by atoms with van der Waals surface area (Å²) in [5, 5.41) is 14.2. The molecule has 64 heavy (non-hydrogen) atoms. The molecule has 6 rings (SSSR count). The maximum absolute atomic E-state index is 14.5. The van der Waals surface area contributed by atoms with E-state index in [0.29, 0.717) is 44.3 Å². The van der Waals surface area contributed by atoms with Crippen molar-refractivity contribution in [2.24, 2.45) is 23.0 Å². The van der Waals surface area contributed by atoms with Gasteiger partial charge in [-0.05, 0) is 80.1 Å². The van der Waals surface area contributed by atoms with E-state index in [-0.39, 0.29) is 67.5 Å². The molecule has 352 valence electrons. The highest BCUT2D eigenvalue weighted by Gasteiger charge is 2.40. The van der Waals surface area contributed by atoms with Crippen molar-refractivity contribution in [3.8, 4) is 11.3 Å². The van der Waals surface area contributed by atoms with Crippen LogP contribution in [0.4, 0.5) is 0 Å². The zero-order chi connectivity index (χ0) is 44.9. The number of aromatic nitrogens is 3. The zero-order valence-electron chi connectivity index (χ0n) is 36.6. The molecule has 3 aliphatic rings. The monoisotopic (exact) mass is 889 g/mol. The largest absolute Gasteiger partial charge is 0.469 e. The van der Waals surface area contributed by atoms with Crippen LogP contribution in [0.5, 0.6) is 0 Å². The van der Waals surface area contributed by atoms with E-state index in [2.05, 4.69) is 38.8 Å². The average molecular weight is 889 g/mol. The molecule has 17 nitrogen and oxygen atoms in total. The Balaban J connectivity index is 0.00000374. The van der Waals surface area contributed by atoms with Gasteiger partial charge in [0, 0.05) is 70.4 Å². The molecule has 5 atom stereocenters. The number of nitrogens with two attached hydrogens (primary N) is 1. The van der Waals surface area contributed by atoms with Crippen LogP contribution in [-0.2, 0) is 46.4 Å². The molecule has 4 amide bonds. The molecular formula is C47H72N10O7. The van der Waals surface area contributed by atoms with Gasteiger partial charge in [0.2, 0.25) is 17.7 Å². The summed E-state index contributed by atoms with van der Waals surface area (Å²) in [7, 11) is 1.54. The summed E-state index contributed by atoms with van der Waals surface area (Å²) < 4.78 is 14.5. The Kier molecular flexibility index (Phi) is 17.0. The summed E-state index contributed by atoms with van der Waals surface area (Å²) in [4.78, 5) is 80.2. The number of hydrogen-bond acceptors (Lipinski definition) is 12. The van der Waals surface area contributed by atoms with Gasteiger partial charge in [-0.25, -0.2) is 15.4 Å². The summed E-state index contributed by atoms with van der Waals surface area (Å²) in [5.74, 6) is -3.48. The smallest absolute Gasteiger partial charge is 0.324 e. The van der Waals surface area contributed by atoms with Crippen LogP contribution >= 0.6 is 0 Å². The first-order chi connectivity index (χ1) is 29.6. The Morgan fingerprint density at radius 3 is 2.53 bits per heavy atom. The maximum atomic E-state index is 14.5. The van der Waals surface area contributed by atoms with Crippen LogP contribution in [0.3, 0.4) is 0 Å². The number of nitrogens with zero attached hydrogens (tertiary/aromatic N) is 6. The number of ether oxygens (including phenoxy) is 2. The molecule has 5 heterocycles. The Labute approximate surface area is 380 Å². The van der Waals surface area contributed by atoms with Crippen LogP contribution in [-0.4, -0.2) is 116 Å². The molecule has 0 radical (unpaired) electrons. The van der Waals surface area contributed by atoms with Gasteiger partial charge in [-0.1, -0.05) is 55.2 Å². The Bertz CT molecular complexity index is 2230. The van der Waals surface area contributed by atoms with Crippen LogP contribution in [0.15, 0.2) is 61.9 Å². The topological polar surface area (TPSA) is 218 Å². The van der Waals surface area contributed by atoms with Crippen molar-refractivity contribution in [1.29, 1.82) is 5.41 Å². The number of likely N-dealkylation sites (tertiary alicyclic amines) is 1. The first-order valence-electron chi connectivity index (χ1n) is 21.3. The number of likely N-dealkylation sites (N-methyl/N-ethyl adjacent to an activating group) is 1. The minimum Gasteiger partial charge on any atom is -0.469 e. The molecule has 5 N–H and O–H groups in total. The number of carbonyl (C=O) groups is 5. The number of carbonyl (C=O) groups excluding carboxylic acids is 5. The Hall–Kier alpha value is -6.10. The van der Waals surface area contributed by atoms with Crippen molar-refractivity contribution in [1.82, 2.24) is 40.1 Å². The second-order valence-electron chi connectivity index (χ2n) is 17.5. The highest BCUT2D eigenvalue weighted by molar-refractivity contribution is 5.96.